The second-order valence-corrected chi connectivity index (χ2v) is 3.03. The fourth-order valence-corrected chi connectivity index (χ4v) is 0.945. The van der Waals surface area contributed by atoms with Gasteiger partial charge in [0.1, 0.15) is 6.73 Å². The molecule has 0 radical (unpaired) electrons. The van der Waals surface area contributed by atoms with Crippen LogP contribution in [-0.2, 0) is 4.74 Å². The van der Waals surface area contributed by atoms with Crippen LogP contribution in [0.15, 0.2) is 16.7 Å². The summed E-state index contributed by atoms with van der Waals surface area (Å²) in [5.41, 5.74) is 5.12. The molecule has 0 aliphatic heterocycles. The van der Waals surface area contributed by atoms with Gasteiger partial charge in [-0.25, -0.2) is 4.98 Å². The Hall–Kier alpha value is -1.61. The lowest BCUT2D eigenvalue weighted by atomic mass is 10.4. The van der Waals surface area contributed by atoms with E-state index in [-0.39, 0.29) is 24.2 Å². The Labute approximate surface area is 97.3 Å². The molecule has 1 aromatic heterocycles. The molecule has 0 saturated carbocycles. The van der Waals surface area contributed by atoms with Gasteiger partial charge in [0.25, 0.3) is 5.91 Å². The molecule has 0 unspecified atom stereocenters. The molecular formula is C7H12N6O2S. The van der Waals surface area contributed by atoms with Crippen LogP contribution in [0.25, 0.3) is 0 Å². The molecule has 3 N–H and O–H groups in total. The van der Waals surface area contributed by atoms with Crippen molar-refractivity contribution in [2.45, 2.75) is 0 Å². The molecular weight excluding hydrogens is 232 g/mol. The number of nitrogens with one attached hydrogen (secondary N) is 1. The van der Waals surface area contributed by atoms with Crippen LogP contribution in [0.2, 0.25) is 0 Å². The summed E-state index contributed by atoms with van der Waals surface area (Å²) in [6, 6.07) is 0. The summed E-state index contributed by atoms with van der Waals surface area (Å²) in [7, 11) is 1.66. The Morgan fingerprint density at radius 3 is 3.19 bits per heavy atom. The van der Waals surface area contributed by atoms with E-state index >= 15 is 0 Å². The van der Waals surface area contributed by atoms with Gasteiger partial charge in [0.15, 0.2) is 11.5 Å². The smallest absolute Gasteiger partial charge is 0.271 e. The summed E-state index contributed by atoms with van der Waals surface area (Å²) in [6.45, 7) is 0.243. The fraction of sp³-hybridized carbons (Fsp3) is 0.429. The quantitative estimate of drug-likeness (QED) is 0.289. The minimum atomic E-state index is -0.663. The van der Waals surface area contributed by atoms with Crippen molar-refractivity contribution >= 4 is 24.4 Å². The lowest BCUT2D eigenvalue weighted by Gasteiger charge is -2.09. The number of aromatic nitrogens is 2. The van der Waals surface area contributed by atoms with E-state index in [0.29, 0.717) is 0 Å². The summed E-state index contributed by atoms with van der Waals surface area (Å²) in [5.74, 6) is -0.161. The van der Waals surface area contributed by atoms with Crippen molar-refractivity contribution < 1.29 is 9.53 Å². The van der Waals surface area contributed by atoms with Gasteiger partial charge >= 0.3 is 0 Å². The first kappa shape index (κ1) is 12.5. The van der Waals surface area contributed by atoms with E-state index in [1.165, 1.54) is 11.3 Å². The molecule has 0 saturated heterocycles. The third kappa shape index (κ3) is 3.51. The number of carbonyl (C=O) groups is 1. The predicted molar refractivity (Wildman–Crippen MR) is 59.2 cm³/mol. The van der Waals surface area contributed by atoms with E-state index in [1.54, 1.807) is 7.05 Å². The number of amides is 1. The number of imidazole rings is 1. The number of ether oxygens (including phenoxy) is 1. The number of carbonyl (C=O) groups excluding carboxylic acids is 1. The van der Waals surface area contributed by atoms with Gasteiger partial charge in [0.2, 0.25) is 0 Å². The average Bonchev–Trinajstić information content (AvgIpc) is 2.71. The minimum absolute atomic E-state index is 0.0484. The molecule has 0 aliphatic carbocycles. The van der Waals surface area contributed by atoms with Crippen molar-refractivity contribution in [3.8, 4) is 0 Å². The Kier molecular flexibility index (Phi) is 4.73. The maximum Gasteiger partial charge on any atom is 0.271 e. The van der Waals surface area contributed by atoms with Crippen molar-refractivity contribution in [3.63, 3.8) is 0 Å². The minimum Gasteiger partial charge on any atom is -0.364 e. The van der Waals surface area contributed by atoms with Crippen LogP contribution in [0.3, 0.4) is 0 Å². The highest BCUT2D eigenvalue weighted by Crippen LogP contribution is 2.13. The number of aromatic amines is 1. The van der Waals surface area contributed by atoms with Gasteiger partial charge in [-0.3, -0.25) is 9.80 Å². The van der Waals surface area contributed by atoms with Crippen LogP contribution in [0, 0.1) is 0 Å². The maximum atomic E-state index is 10.9. The number of nitrogens with zero attached hydrogens (tertiary/aromatic N) is 4. The SMILES string of the molecule is CN(COCS)/N=N/c1[nH]cnc1C(N)=O. The zero-order valence-corrected chi connectivity index (χ0v) is 9.52. The van der Waals surface area contributed by atoms with E-state index in [2.05, 4.69) is 32.9 Å². The van der Waals surface area contributed by atoms with Crippen molar-refractivity contribution in [2.75, 3.05) is 19.7 Å². The molecule has 1 amide bonds. The highest BCUT2D eigenvalue weighted by Gasteiger charge is 2.10. The topological polar surface area (TPSA) is 109 Å². The number of thiol groups is 1. The zero-order valence-electron chi connectivity index (χ0n) is 8.62. The molecule has 1 rings (SSSR count). The molecule has 9 heteroatoms. The highest BCUT2D eigenvalue weighted by atomic mass is 32.1. The van der Waals surface area contributed by atoms with Crippen LogP contribution < -0.4 is 5.73 Å². The third-order valence-corrected chi connectivity index (χ3v) is 1.70. The van der Waals surface area contributed by atoms with Gasteiger partial charge in [-0.15, -0.1) is 5.11 Å². The molecule has 8 nitrogen and oxygen atoms in total. The number of hydrogen-bond donors (Lipinski definition) is 3. The van der Waals surface area contributed by atoms with E-state index in [0.717, 1.165) is 0 Å². The van der Waals surface area contributed by atoms with Crippen LogP contribution in [0.5, 0.6) is 0 Å². The second kappa shape index (κ2) is 6.08. The Morgan fingerprint density at radius 1 is 1.81 bits per heavy atom. The molecule has 0 atom stereocenters. The second-order valence-electron chi connectivity index (χ2n) is 2.77. The van der Waals surface area contributed by atoms with Crippen LogP contribution in [-0.4, -0.2) is 40.6 Å². The molecule has 1 aromatic rings. The zero-order chi connectivity index (χ0) is 12.0. The first-order valence-electron chi connectivity index (χ1n) is 4.29. The highest BCUT2D eigenvalue weighted by molar-refractivity contribution is 7.80. The lowest BCUT2D eigenvalue weighted by molar-refractivity contribution is 0.0698. The van der Waals surface area contributed by atoms with Gasteiger partial charge in [0.05, 0.1) is 12.3 Å². The standard InChI is InChI=1S/C7H12N6O2S/c1-13(3-15-4-16)12-11-7-5(6(8)14)9-2-10-7/h2,16H,3-4H2,1H3,(H2,8,14)(H,9,10)/b12-11+. The van der Waals surface area contributed by atoms with Crippen LogP contribution in [0.1, 0.15) is 10.5 Å². The largest absolute Gasteiger partial charge is 0.364 e. The molecule has 16 heavy (non-hydrogen) atoms. The van der Waals surface area contributed by atoms with Crippen molar-refractivity contribution in [1.82, 2.24) is 15.0 Å². The van der Waals surface area contributed by atoms with E-state index in [9.17, 15) is 4.79 Å². The van der Waals surface area contributed by atoms with Gasteiger partial charge in [-0.2, -0.15) is 12.6 Å². The molecule has 0 aliphatic rings. The molecule has 88 valence electrons. The van der Waals surface area contributed by atoms with Crippen molar-refractivity contribution in [3.05, 3.63) is 12.0 Å². The third-order valence-electron chi connectivity index (χ3n) is 1.52. The van der Waals surface area contributed by atoms with Crippen molar-refractivity contribution in [2.24, 2.45) is 16.1 Å². The summed E-state index contributed by atoms with van der Waals surface area (Å²) in [5, 5.41) is 8.97. The summed E-state index contributed by atoms with van der Waals surface area (Å²) >= 11 is 3.87. The fourth-order valence-electron chi connectivity index (χ4n) is 0.864. The first-order valence-corrected chi connectivity index (χ1v) is 4.93. The summed E-state index contributed by atoms with van der Waals surface area (Å²) < 4.78 is 4.96. The first-order chi connectivity index (χ1) is 7.65. The summed E-state index contributed by atoms with van der Waals surface area (Å²) in [4.78, 5) is 17.2. The van der Waals surface area contributed by atoms with Gasteiger partial charge in [0, 0.05) is 7.05 Å². The predicted octanol–water partition coefficient (Wildman–Crippen LogP) is 0.300. The Bertz CT molecular complexity index is 379. The number of hydrogen-bond acceptors (Lipinski definition) is 6. The van der Waals surface area contributed by atoms with Gasteiger partial charge < -0.3 is 15.5 Å². The Balaban J connectivity index is 2.61. The molecule has 0 aromatic carbocycles. The monoisotopic (exact) mass is 244 g/mol. The average molecular weight is 244 g/mol. The van der Waals surface area contributed by atoms with E-state index < -0.39 is 5.91 Å². The molecule has 0 spiro atoms. The number of primary amides is 1. The van der Waals surface area contributed by atoms with E-state index in [4.69, 9.17) is 10.5 Å². The molecule has 1 heterocycles. The molecule has 0 fully saturated rings. The Morgan fingerprint density at radius 2 is 2.56 bits per heavy atom. The molecule has 0 bridgehead atoms. The lowest BCUT2D eigenvalue weighted by Crippen LogP contribution is -2.14. The number of rotatable bonds is 6. The normalized spacial score (nSPS) is 10.9. The number of nitrogens with two attached hydrogens (primary N) is 1. The maximum absolute atomic E-state index is 10.9. The van der Waals surface area contributed by atoms with Crippen LogP contribution >= 0.6 is 12.6 Å². The number of H-pyrrole nitrogens is 1. The van der Waals surface area contributed by atoms with Gasteiger partial charge in [-0.1, -0.05) is 5.22 Å². The van der Waals surface area contributed by atoms with Crippen LogP contribution in [0.4, 0.5) is 5.82 Å². The van der Waals surface area contributed by atoms with Crippen molar-refractivity contribution in [1.29, 1.82) is 0 Å². The summed E-state index contributed by atoms with van der Waals surface area (Å²) in [6.07, 6.45) is 1.32. The van der Waals surface area contributed by atoms with E-state index in [1.807, 2.05) is 0 Å². The van der Waals surface area contributed by atoms with Gasteiger partial charge in [-0.05, 0) is 0 Å².